The lowest BCUT2D eigenvalue weighted by Gasteiger charge is -2.30. The van der Waals surface area contributed by atoms with E-state index >= 15 is 0 Å². The fourth-order valence-corrected chi connectivity index (χ4v) is 5.02. The smallest absolute Gasteiger partial charge is 0.416 e. The summed E-state index contributed by atoms with van der Waals surface area (Å²) in [5.74, 6) is -0.0931. The fraction of sp³-hybridized carbons (Fsp3) is 0.367. The Labute approximate surface area is 234 Å². The molecule has 1 N–H and O–H groups in total. The van der Waals surface area contributed by atoms with Gasteiger partial charge in [0.05, 0.1) is 24.3 Å². The maximum absolute atomic E-state index is 13.6. The Morgan fingerprint density at radius 1 is 0.878 bits per heavy atom. The summed E-state index contributed by atoms with van der Waals surface area (Å²) < 4.78 is 86.3. The van der Waals surface area contributed by atoms with E-state index in [-0.39, 0.29) is 12.6 Å². The number of nitrogens with one attached hydrogen (secondary N) is 1. The van der Waals surface area contributed by atoms with Gasteiger partial charge >= 0.3 is 12.4 Å². The molecule has 1 aliphatic heterocycles. The predicted octanol–water partition coefficient (Wildman–Crippen LogP) is 6.41. The number of hydrogen-bond acceptors (Lipinski definition) is 4. The summed E-state index contributed by atoms with van der Waals surface area (Å²) in [5.41, 5.74) is -1.89. The Kier molecular flexibility index (Phi) is 9.60. The highest BCUT2D eigenvalue weighted by Gasteiger charge is 2.39. The van der Waals surface area contributed by atoms with Crippen molar-refractivity contribution < 1.29 is 35.9 Å². The van der Waals surface area contributed by atoms with Crippen molar-refractivity contribution >= 4 is 5.91 Å². The summed E-state index contributed by atoms with van der Waals surface area (Å²) in [7, 11) is 1.61. The summed E-state index contributed by atoms with van der Waals surface area (Å²) in [5, 5.41) is 3.37. The molecule has 41 heavy (non-hydrogen) atoms. The van der Waals surface area contributed by atoms with Gasteiger partial charge in [0.15, 0.2) is 0 Å². The number of hydrogen-bond donors (Lipinski definition) is 1. The maximum atomic E-state index is 13.6. The SMILES string of the molecule is COc1ccccc1CNCCN1CCC(c2ccccc2)N(C(=O)c2cc(C(F)(F)F)cc(C(F)(F)F)c2)CC1. The standard InChI is InChI=1S/C30H31F6N3O2/c1-41-27-10-6-5-9-22(27)20-37-12-14-38-13-11-26(21-7-3-2-4-8-21)39(16-15-38)28(40)23-17-24(29(31,32)33)19-25(18-23)30(34,35)36/h2-10,17-19,26,37H,11-16,20H2,1H3. The largest absolute Gasteiger partial charge is 0.496 e. The molecule has 1 fully saturated rings. The van der Waals surface area contributed by atoms with Crippen LogP contribution in [0.15, 0.2) is 72.8 Å². The van der Waals surface area contributed by atoms with E-state index < -0.39 is 41.0 Å². The number of nitrogens with zero attached hydrogens (tertiary/aromatic N) is 2. The minimum Gasteiger partial charge on any atom is -0.496 e. The zero-order valence-electron chi connectivity index (χ0n) is 22.4. The van der Waals surface area contributed by atoms with Crippen LogP contribution in [0, 0.1) is 0 Å². The minimum atomic E-state index is -5.04. The molecule has 0 spiro atoms. The second-order valence-electron chi connectivity index (χ2n) is 9.84. The number of para-hydroxylation sites is 1. The molecule has 1 heterocycles. The van der Waals surface area contributed by atoms with Crippen LogP contribution in [0.3, 0.4) is 0 Å². The lowest BCUT2D eigenvalue weighted by atomic mass is 9.99. The number of methoxy groups -OCH3 is 1. The third kappa shape index (κ3) is 7.80. The molecule has 3 aromatic carbocycles. The van der Waals surface area contributed by atoms with Gasteiger partial charge in [0, 0.05) is 50.4 Å². The van der Waals surface area contributed by atoms with Gasteiger partial charge < -0.3 is 19.9 Å². The molecule has 1 amide bonds. The highest BCUT2D eigenvalue weighted by atomic mass is 19.4. The van der Waals surface area contributed by atoms with E-state index in [1.165, 1.54) is 4.90 Å². The number of halogens is 6. The van der Waals surface area contributed by atoms with Crippen molar-refractivity contribution in [1.29, 1.82) is 0 Å². The first-order chi connectivity index (χ1) is 19.5. The van der Waals surface area contributed by atoms with Gasteiger partial charge in [-0.25, -0.2) is 0 Å². The normalized spacial score (nSPS) is 16.9. The monoisotopic (exact) mass is 579 g/mol. The average molecular weight is 580 g/mol. The van der Waals surface area contributed by atoms with Crippen LogP contribution in [-0.2, 0) is 18.9 Å². The molecule has 1 atom stereocenters. The van der Waals surface area contributed by atoms with Crippen molar-refractivity contribution in [3.05, 3.63) is 101 Å². The van der Waals surface area contributed by atoms with E-state index in [0.717, 1.165) is 16.9 Å². The highest BCUT2D eigenvalue weighted by molar-refractivity contribution is 5.95. The first-order valence-corrected chi connectivity index (χ1v) is 13.2. The van der Waals surface area contributed by atoms with E-state index in [1.807, 2.05) is 36.4 Å². The lowest BCUT2D eigenvalue weighted by molar-refractivity contribution is -0.143. The molecular weight excluding hydrogens is 548 g/mol. The molecule has 0 aliphatic carbocycles. The number of amides is 1. The summed E-state index contributed by atoms with van der Waals surface area (Å²) in [6, 6.07) is 17.2. The van der Waals surface area contributed by atoms with Gasteiger partial charge in [-0.3, -0.25) is 4.79 Å². The Balaban J connectivity index is 1.53. The summed E-state index contributed by atoms with van der Waals surface area (Å²) >= 11 is 0. The molecule has 1 saturated heterocycles. The van der Waals surface area contributed by atoms with E-state index in [9.17, 15) is 31.1 Å². The number of alkyl halides is 6. The molecule has 5 nitrogen and oxygen atoms in total. The molecule has 1 aliphatic rings. The molecular formula is C30H31F6N3O2. The van der Waals surface area contributed by atoms with Gasteiger partial charge in [0.25, 0.3) is 5.91 Å². The average Bonchev–Trinajstić information content (AvgIpc) is 3.17. The van der Waals surface area contributed by atoms with Crippen LogP contribution in [0.1, 0.15) is 45.1 Å². The summed E-state index contributed by atoms with van der Waals surface area (Å²) in [6.45, 7) is 3.01. The van der Waals surface area contributed by atoms with E-state index in [2.05, 4.69) is 10.2 Å². The third-order valence-electron chi connectivity index (χ3n) is 7.14. The van der Waals surface area contributed by atoms with Crippen LogP contribution in [0.5, 0.6) is 5.75 Å². The number of ether oxygens (including phenoxy) is 1. The van der Waals surface area contributed by atoms with Crippen molar-refractivity contribution in [3.63, 3.8) is 0 Å². The minimum absolute atomic E-state index is 0.0354. The molecule has 220 valence electrons. The zero-order chi connectivity index (χ0) is 29.6. The Bertz CT molecular complexity index is 1280. The summed E-state index contributed by atoms with van der Waals surface area (Å²) in [6.07, 6.45) is -9.61. The van der Waals surface area contributed by atoms with Gasteiger partial charge in [-0.1, -0.05) is 48.5 Å². The van der Waals surface area contributed by atoms with Crippen LogP contribution >= 0.6 is 0 Å². The van der Waals surface area contributed by atoms with Crippen LogP contribution in [-0.4, -0.2) is 55.5 Å². The molecule has 0 saturated carbocycles. The van der Waals surface area contributed by atoms with Gasteiger partial charge in [-0.15, -0.1) is 0 Å². The summed E-state index contributed by atoms with van der Waals surface area (Å²) in [4.78, 5) is 17.2. The quantitative estimate of drug-likeness (QED) is 0.248. The van der Waals surface area contributed by atoms with E-state index in [1.54, 1.807) is 25.3 Å². The van der Waals surface area contributed by atoms with E-state index in [0.29, 0.717) is 51.3 Å². The molecule has 1 unspecified atom stereocenters. The first kappa shape index (κ1) is 30.4. The number of benzene rings is 3. The zero-order valence-corrected chi connectivity index (χ0v) is 22.4. The van der Waals surface area contributed by atoms with Crippen LogP contribution in [0.25, 0.3) is 0 Å². The van der Waals surface area contributed by atoms with Crippen molar-refractivity contribution in [3.8, 4) is 5.75 Å². The van der Waals surface area contributed by atoms with Gasteiger partial charge in [0.2, 0.25) is 0 Å². The van der Waals surface area contributed by atoms with Gasteiger partial charge in [0.1, 0.15) is 5.75 Å². The van der Waals surface area contributed by atoms with Crippen LogP contribution in [0.4, 0.5) is 26.3 Å². The molecule has 0 bridgehead atoms. The lowest BCUT2D eigenvalue weighted by Crippen LogP contribution is -2.38. The molecule has 4 rings (SSSR count). The van der Waals surface area contributed by atoms with Crippen molar-refractivity contribution in [2.45, 2.75) is 31.4 Å². The fourth-order valence-electron chi connectivity index (χ4n) is 5.02. The number of rotatable bonds is 8. The molecule has 11 heteroatoms. The second kappa shape index (κ2) is 12.9. The molecule has 0 aromatic heterocycles. The second-order valence-corrected chi connectivity index (χ2v) is 9.84. The Hall–Kier alpha value is -3.57. The Morgan fingerprint density at radius 2 is 1.51 bits per heavy atom. The molecule has 0 radical (unpaired) electrons. The van der Waals surface area contributed by atoms with Crippen molar-refractivity contribution in [1.82, 2.24) is 15.1 Å². The topological polar surface area (TPSA) is 44.8 Å². The third-order valence-corrected chi connectivity index (χ3v) is 7.14. The van der Waals surface area contributed by atoms with E-state index in [4.69, 9.17) is 4.74 Å². The Morgan fingerprint density at radius 3 is 2.15 bits per heavy atom. The van der Waals surface area contributed by atoms with Gasteiger partial charge in [-0.05, 0) is 36.2 Å². The predicted molar refractivity (Wildman–Crippen MR) is 142 cm³/mol. The van der Waals surface area contributed by atoms with Crippen LogP contribution < -0.4 is 10.1 Å². The van der Waals surface area contributed by atoms with Crippen LogP contribution in [0.2, 0.25) is 0 Å². The highest BCUT2D eigenvalue weighted by Crippen LogP contribution is 2.37. The van der Waals surface area contributed by atoms with Gasteiger partial charge in [-0.2, -0.15) is 26.3 Å². The van der Waals surface area contributed by atoms with Crippen molar-refractivity contribution in [2.24, 2.45) is 0 Å². The van der Waals surface area contributed by atoms with Crippen molar-refractivity contribution in [2.75, 3.05) is 39.8 Å². The number of carbonyl (C=O) groups excluding carboxylic acids is 1. The maximum Gasteiger partial charge on any atom is 0.416 e. The molecule has 3 aromatic rings. The first-order valence-electron chi connectivity index (χ1n) is 13.2. The number of carbonyl (C=O) groups is 1.